The first-order valence-electron chi connectivity index (χ1n) is 9.06. The van der Waals surface area contributed by atoms with Crippen molar-refractivity contribution < 1.29 is 19.1 Å². The van der Waals surface area contributed by atoms with E-state index in [1.54, 1.807) is 60.7 Å². The van der Waals surface area contributed by atoms with Gasteiger partial charge in [-0.25, -0.2) is 14.6 Å². The third-order valence-corrected chi connectivity index (χ3v) is 6.23. The first-order chi connectivity index (χ1) is 15.3. The third-order valence-electron chi connectivity index (χ3n) is 4.32. The zero-order valence-corrected chi connectivity index (χ0v) is 20.6. The molecule has 1 aliphatic rings. The largest absolute Gasteiger partial charge is 0.421 e. The molecule has 5 nitrogen and oxygen atoms in total. The van der Waals surface area contributed by atoms with Crippen LogP contribution in [0.1, 0.15) is 21.5 Å². The molecule has 1 aliphatic heterocycles. The normalized spacial score (nSPS) is 14.3. The maximum Gasteiger partial charge on any atom is 0.363 e. The molecule has 0 aliphatic carbocycles. The maximum atomic E-state index is 12.4. The van der Waals surface area contributed by atoms with Gasteiger partial charge in [0, 0.05) is 5.56 Å². The summed E-state index contributed by atoms with van der Waals surface area (Å²) in [6.45, 7) is 0. The Morgan fingerprint density at radius 1 is 0.969 bits per heavy atom. The average molecular weight is 596 g/mol. The lowest BCUT2D eigenvalue weighted by molar-refractivity contribution is -0.129. The van der Waals surface area contributed by atoms with E-state index < -0.39 is 11.9 Å². The molecule has 0 amide bonds. The molecule has 0 saturated heterocycles. The van der Waals surface area contributed by atoms with Crippen molar-refractivity contribution in [2.75, 3.05) is 0 Å². The molecule has 32 heavy (non-hydrogen) atoms. The van der Waals surface area contributed by atoms with Crippen molar-refractivity contribution in [3.05, 3.63) is 102 Å². The van der Waals surface area contributed by atoms with Gasteiger partial charge in [0.1, 0.15) is 0 Å². The van der Waals surface area contributed by atoms with E-state index in [4.69, 9.17) is 32.7 Å². The van der Waals surface area contributed by atoms with Gasteiger partial charge >= 0.3 is 11.9 Å². The number of carbonyl (C=O) groups excluding carboxylic acids is 2. The number of hydrogen-bond acceptors (Lipinski definition) is 5. The van der Waals surface area contributed by atoms with Gasteiger partial charge in [0.15, 0.2) is 11.4 Å². The van der Waals surface area contributed by atoms with E-state index in [9.17, 15) is 9.59 Å². The molecule has 9 heteroatoms. The van der Waals surface area contributed by atoms with Gasteiger partial charge in [0.05, 0.1) is 24.6 Å². The molecule has 0 N–H and O–H groups in total. The van der Waals surface area contributed by atoms with Crippen molar-refractivity contribution in [3.8, 4) is 5.75 Å². The molecule has 0 saturated carbocycles. The zero-order valence-electron chi connectivity index (χ0n) is 15.9. The van der Waals surface area contributed by atoms with Crippen LogP contribution in [0.5, 0.6) is 5.75 Å². The van der Waals surface area contributed by atoms with Crippen LogP contribution in [0.25, 0.3) is 6.08 Å². The maximum absolute atomic E-state index is 12.4. The van der Waals surface area contributed by atoms with Crippen LogP contribution in [0.15, 0.2) is 80.3 Å². The third kappa shape index (κ3) is 4.96. The van der Waals surface area contributed by atoms with Crippen LogP contribution in [0, 0.1) is 0 Å². The van der Waals surface area contributed by atoms with Crippen LogP contribution in [-0.4, -0.2) is 17.8 Å². The number of cyclic esters (lactones) is 1. The lowest BCUT2D eigenvalue weighted by Crippen LogP contribution is -2.09. The number of ether oxygens (including phenoxy) is 2. The van der Waals surface area contributed by atoms with Crippen molar-refractivity contribution >= 4 is 79.0 Å². The van der Waals surface area contributed by atoms with E-state index in [0.717, 1.165) is 0 Å². The summed E-state index contributed by atoms with van der Waals surface area (Å²) >= 11 is 18.8. The Morgan fingerprint density at radius 2 is 1.66 bits per heavy atom. The van der Waals surface area contributed by atoms with Gasteiger partial charge in [0.25, 0.3) is 0 Å². The SMILES string of the molecule is O=C1OC(c2ccc(Cl)c(Cl)c2)=N/C1=C\c1cc(Br)c(OC(=O)c2ccccc2)c(Br)c1. The summed E-state index contributed by atoms with van der Waals surface area (Å²) < 4.78 is 11.8. The van der Waals surface area contributed by atoms with Crippen molar-refractivity contribution in [1.82, 2.24) is 0 Å². The van der Waals surface area contributed by atoms with Crippen molar-refractivity contribution in [2.45, 2.75) is 0 Å². The molecule has 0 unspecified atom stereocenters. The van der Waals surface area contributed by atoms with Gasteiger partial charge in [-0.1, -0.05) is 41.4 Å². The number of rotatable bonds is 4. The van der Waals surface area contributed by atoms with Gasteiger partial charge < -0.3 is 9.47 Å². The lowest BCUT2D eigenvalue weighted by Gasteiger charge is -2.10. The number of nitrogens with zero attached hydrogens (tertiary/aromatic N) is 1. The predicted molar refractivity (Wildman–Crippen MR) is 130 cm³/mol. The van der Waals surface area contributed by atoms with E-state index in [1.165, 1.54) is 0 Å². The Labute approximate surface area is 209 Å². The minimum absolute atomic E-state index is 0.110. The second-order valence-electron chi connectivity index (χ2n) is 6.53. The first-order valence-corrected chi connectivity index (χ1v) is 11.4. The minimum Gasteiger partial charge on any atom is -0.421 e. The van der Waals surface area contributed by atoms with Crippen LogP contribution in [0.3, 0.4) is 0 Å². The molecule has 0 fully saturated rings. The van der Waals surface area contributed by atoms with Crippen LogP contribution < -0.4 is 4.74 Å². The summed E-state index contributed by atoms with van der Waals surface area (Å²) in [6.07, 6.45) is 1.56. The zero-order chi connectivity index (χ0) is 22.8. The fourth-order valence-corrected chi connectivity index (χ4v) is 4.49. The number of esters is 2. The van der Waals surface area contributed by atoms with Crippen molar-refractivity contribution in [1.29, 1.82) is 0 Å². The Morgan fingerprint density at radius 3 is 2.31 bits per heavy atom. The van der Waals surface area contributed by atoms with E-state index >= 15 is 0 Å². The van der Waals surface area contributed by atoms with E-state index in [2.05, 4.69) is 36.9 Å². The molecule has 1 heterocycles. The Balaban J connectivity index is 1.60. The fraction of sp³-hybridized carbons (Fsp3) is 0. The van der Waals surface area contributed by atoms with Crippen LogP contribution in [-0.2, 0) is 9.53 Å². The molecule has 160 valence electrons. The van der Waals surface area contributed by atoms with Gasteiger partial charge in [0.2, 0.25) is 5.90 Å². The summed E-state index contributed by atoms with van der Waals surface area (Å²) in [5.74, 6) is -0.646. The molecule has 3 aromatic rings. The summed E-state index contributed by atoms with van der Waals surface area (Å²) in [5.41, 5.74) is 1.70. The van der Waals surface area contributed by atoms with Crippen molar-refractivity contribution in [3.63, 3.8) is 0 Å². The topological polar surface area (TPSA) is 65.0 Å². The summed E-state index contributed by atoms with van der Waals surface area (Å²) in [4.78, 5) is 28.9. The molecule has 0 bridgehead atoms. The first kappa shape index (κ1) is 22.7. The molecule has 0 aromatic heterocycles. The molecule has 0 spiro atoms. The second kappa shape index (κ2) is 9.58. The van der Waals surface area contributed by atoms with Crippen LogP contribution in [0.4, 0.5) is 0 Å². The summed E-state index contributed by atoms with van der Waals surface area (Å²) in [7, 11) is 0. The Kier molecular flexibility index (Phi) is 6.81. The van der Waals surface area contributed by atoms with Gasteiger partial charge in [-0.2, -0.15) is 0 Å². The molecule has 0 radical (unpaired) electrons. The molecular formula is C23H11Br2Cl2NO4. The smallest absolute Gasteiger partial charge is 0.363 e. The number of hydrogen-bond donors (Lipinski definition) is 0. The highest BCUT2D eigenvalue weighted by molar-refractivity contribution is 9.11. The standard InChI is InChI=1S/C23H11Br2Cl2NO4/c24-15-8-12(9-16(25)20(15)31-22(29)13-4-2-1-3-5-13)10-19-23(30)32-21(28-19)14-6-7-17(26)18(27)11-14/h1-11H/b19-10-. The second-order valence-corrected chi connectivity index (χ2v) is 9.06. The number of carbonyl (C=O) groups is 2. The van der Waals surface area contributed by atoms with E-state index in [-0.39, 0.29) is 11.6 Å². The summed E-state index contributed by atoms with van der Waals surface area (Å²) in [5, 5.41) is 0.715. The molecule has 3 aromatic carbocycles. The summed E-state index contributed by atoms with van der Waals surface area (Å²) in [6, 6.07) is 16.9. The monoisotopic (exact) mass is 593 g/mol. The highest BCUT2D eigenvalue weighted by Crippen LogP contribution is 2.36. The van der Waals surface area contributed by atoms with E-state index in [0.29, 0.717) is 41.4 Å². The number of aliphatic imine (C=N–C) groups is 1. The van der Waals surface area contributed by atoms with E-state index in [1.807, 2.05) is 6.07 Å². The Bertz CT molecular complexity index is 1280. The fourth-order valence-electron chi connectivity index (χ4n) is 2.81. The molecular weight excluding hydrogens is 585 g/mol. The number of halogens is 4. The average Bonchev–Trinajstić information content (AvgIpc) is 3.13. The minimum atomic E-state index is -0.599. The van der Waals surface area contributed by atoms with Crippen LogP contribution in [0.2, 0.25) is 10.0 Å². The van der Waals surface area contributed by atoms with Gasteiger partial charge in [-0.3, -0.25) is 0 Å². The molecule has 4 rings (SSSR count). The number of benzene rings is 3. The quantitative estimate of drug-likeness (QED) is 0.184. The Hall–Kier alpha value is -2.45. The predicted octanol–water partition coefficient (Wildman–Crippen LogP) is 7.08. The highest BCUT2D eigenvalue weighted by Gasteiger charge is 2.25. The van der Waals surface area contributed by atoms with Gasteiger partial charge in [-0.15, -0.1) is 0 Å². The molecule has 0 atom stereocenters. The van der Waals surface area contributed by atoms with Crippen molar-refractivity contribution in [2.24, 2.45) is 4.99 Å². The van der Waals surface area contributed by atoms with Gasteiger partial charge in [-0.05, 0) is 86.0 Å². The highest BCUT2D eigenvalue weighted by atomic mass is 79.9. The van der Waals surface area contributed by atoms with Crippen LogP contribution >= 0.6 is 55.1 Å². The lowest BCUT2D eigenvalue weighted by atomic mass is 10.2.